The second-order valence-corrected chi connectivity index (χ2v) is 16.0. The number of hydrogen-bond acceptors (Lipinski definition) is 5. The van der Waals surface area contributed by atoms with Crippen LogP contribution in [0.25, 0.3) is 111 Å². The third-order valence-corrected chi connectivity index (χ3v) is 12.2. The number of furan rings is 2. The first-order chi connectivity index (χ1) is 29.0. The van der Waals surface area contributed by atoms with Gasteiger partial charge in [-0.25, -0.2) is 15.0 Å². The van der Waals surface area contributed by atoms with E-state index in [1.165, 1.54) is 33.4 Å². The molecule has 59 heavy (non-hydrogen) atoms. The highest BCUT2D eigenvalue weighted by atomic mass is 16.3. The summed E-state index contributed by atoms with van der Waals surface area (Å²) in [5.74, 6) is 1.69. The summed E-state index contributed by atoms with van der Waals surface area (Å²) in [5.41, 5.74) is 15.8. The quantitative estimate of drug-likeness (QED) is 0.175. The number of rotatable bonds is 5. The van der Waals surface area contributed by atoms with Crippen molar-refractivity contribution in [1.29, 1.82) is 0 Å². The van der Waals surface area contributed by atoms with Crippen molar-refractivity contribution in [3.63, 3.8) is 0 Å². The van der Waals surface area contributed by atoms with E-state index >= 15 is 0 Å². The summed E-state index contributed by atoms with van der Waals surface area (Å²) < 4.78 is 12.9. The Morgan fingerprint density at radius 1 is 0.356 bits per heavy atom. The molecule has 1 aliphatic carbocycles. The maximum absolute atomic E-state index is 6.49. The van der Waals surface area contributed by atoms with E-state index in [-0.39, 0.29) is 5.41 Å². The minimum absolute atomic E-state index is 0.0436. The molecule has 11 aromatic rings. The zero-order valence-electron chi connectivity index (χ0n) is 32.4. The van der Waals surface area contributed by atoms with E-state index in [2.05, 4.69) is 117 Å². The number of nitrogens with zero attached hydrogens (tertiary/aromatic N) is 3. The number of fused-ring (bicyclic) bond motifs is 9. The maximum atomic E-state index is 6.49. The average Bonchev–Trinajstić information content (AvgIpc) is 3.94. The second kappa shape index (κ2) is 12.7. The van der Waals surface area contributed by atoms with Gasteiger partial charge in [0.05, 0.1) is 5.56 Å². The van der Waals surface area contributed by atoms with Gasteiger partial charge in [-0.3, -0.25) is 0 Å². The fourth-order valence-corrected chi connectivity index (χ4v) is 9.19. The highest BCUT2D eigenvalue weighted by Gasteiger charge is 2.35. The van der Waals surface area contributed by atoms with Gasteiger partial charge in [-0.1, -0.05) is 153 Å². The number of para-hydroxylation sites is 2. The highest BCUT2D eigenvalue weighted by molar-refractivity contribution is 6.13. The molecule has 0 N–H and O–H groups in total. The van der Waals surface area contributed by atoms with E-state index in [0.717, 1.165) is 71.7 Å². The Morgan fingerprint density at radius 3 is 1.78 bits per heavy atom. The minimum atomic E-state index is -0.0436. The van der Waals surface area contributed by atoms with Crippen LogP contribution in [0.1, 0.15) is 25.0 Å². The van der Waals surface area contributed by atoms with Crippen molar-refractivity contribution in [3.8, 4) is 67.5 Å². The average molecular weight is 758 g/mol. The van der Waals surface area contributed by atoms with E-state index in [0.29, 0.717) is 17.5 Å². The molecule has 3 aromatic heterocycles. The van der Waals surface area contributed by atoms with Crippen LogP contribution in [0.2, 0.25) is 0 Å². The van der Waals surface area contributed by atoms with Crippen molar-refractivity contribution in [2.45, 2.75) is 19.3 Å². The zero-order valence-corrected chi connectivity index (χ0v) is 32.4. The lowest BCUT2D eigenvalue weighted by Gasteiger charge is -2.22. The van der Waals surface area contributed by atoms with Gasteiger partial charge in [-0.15, -0.1) is 0 Å². The molecule has 5 nitrogen and oxygen atoms in total. The van der Waals surface area contributed by atoms with Crippen LogP contribution >= 0.6 is 0 Å². The molecule has 0 saturated heterocycles. The van der Waals surface area contributed by atoms with Crippen molar-refractivity contribution in [2.75, 3.05) is 0 Å². The van der Waals surface area contributed by atoms with Crippen molar-refractivity contribution in [2.24, 2.45) is 0 Å². The summed E-state index contributed by atoms with van der Waals surface area (Å²) in [6.07, 6.45) is 0. The number of hydrogen-bond donors (Lipinski definition) is 0. The first-order valence-electron chi connectivity index (χ1n) is 20.0. The van der Waals surface area contributed by atoms with E-state index in [1.54, 1.807) is 0 Å². The molecule has 0 bridgehead atoms. The molecule has 3 heterocycles. The van der Waals surface area contributed by atoms with Gasteiger partial charge < -0.3 is 8.83 Å². The van der Waals surface area contributed by atoms with Gasteiger partial charge in [0.15, 0.2) is 17.5 Å². The van der Waals surface area contributed by atoms with Gasteiger partial charge in [0.2, 0.25) is 0 Å². The molecule has 0 atom stereocenters. The van der Waals surface area contributed by atoms with Crippen LogP contribution in [0.3, 0.4) is 0 Å². The molecule has 0 amide bonds. The largest absolute Gasteiger partial charge is 0.456 e. The van der Waals surface area contributed by atoms with Crippen LogP contribution in [0, 0.1) is 0 Å². The summed E-state index contributed by atoms with van der Waals surface area (Å²) >= 11 is 0. The van der Waals surface area contributed by atoms with Gasteiger partial charge in [0.1, 0.15) is 22.3 Å². The molecule has 5 heteroatoms. The lowest BCUT2D eigenvalue weighted by Crippen LogP contribution is -2.14. The summed E-state index contributed by atoms with van der Waals surface area (Å²) in [4.78, 5) is 15.4. The smallest absolute Gasteiger partial charge is 0.167 e. The molecule has 12 rings (SSSR count). The molecule has 0 unspecified atom stereocenters. The van der Waals surface area contributed by atoms with Crippen molar-refractivity contribution in [1.82, 2.24) is 15.0 Å². The fraction of sp³-hybridized carbons (Fsp3) is 0.0556. The molecule has 1 aliphatic rings. The minimum Gasteiger partial charge on any atom is -0.456 e. The van der Waals surface area contributed by atoms with Gasteiger partial charge in [-0.2, -0.15) is 0 Å². The van der Waals surface area contributed by atoms with Crippen LogP contribution in [-0.2, 0) is 5.41 Å². The van der Waals surface area contributed by atoms with Gasteiger partial charge >= 0.3 is 0 Å². The SMILES string of the molecule is CC1(C)c2ccccc2-c2ccc(-c3ccc(-c4ccc5oc6cccc(-c7nc(-c8ccccc8)nc(-c8cccc9c8oc8ccccc89)n7)c6c5c4)cc3)cc21. The Morgan fingerprint density at radius 2 is 0.932 bits per heavy atom. The highest BCUT2D eigenvalue weighted by Crippen LogP contribution is 2.49. The summed E-state index contributed by atoms with van der Waals surface area (Å²) in [5, 5.41) is 4.04. The first kappa shape index (κ1) is 33.5. The maximum Gasteiger partial charge on any atom is 0.167 e. The Labute approximate surface area is 340 Å². The molecular formula is C54H35N3O2. The first-order valence-corrected chi connectivity index (χ1v) is 20.0. The van der Waals surface area contributed by atoms with Gasteiger partial charge in [0, 0.05) is 38.1 Å². The van der Waals surface area contributed by atoms with Crippen molar-refractivity contribution >= 4 is 43.9 Å². The monoisotopic (exact) mass is 757 g/mol. The second-order valence-electron chi connectivity index (χ2n) is 16.0. The molecule has 8 aromatic carbocycles. The lowest BCUT2D eigenvalue weighted by atomic mass is 9.81. The van der Waals surface area contributed by atoms with Crippen molar-refractivity contribution < 1.29 is 8.83 Å². The van der Waals surface area contributed by atoms with Crippen LogP contribution in [0.15, 0.2) is 185 Å². The van der Waals surface area contributed by atoms with E-state index in [9.17, 15) is 0 Å². The predicted molar refractivity (Wildman–Crippen MR) is 239 cm³/mol. The summed E-state index contributed by atoms with van der Waals surface area (Å²) in [7, 11) is 0. The summed E-state index contributed by atoms with van der Waals surface area (Å²) in [6.45, 7) is 4.66. The van der Waals surface area contributed by atoms with Crippen LogP contribution in [0.5, 0.6) is 0 Å². The Hall–Kier alpha value is -7.63. The normalized spacial score (nSPS) is 13.1. The zero-order chi connectivity index (χ0) is 39.2. The summed E-state index contributed by atoms with van der Waals surface area (Å²) in [6, 6.07) is 61.4. The molecule has 0 saturated carbocycles. The Kier molecular flexibility index (Phi) is 7.20. The van der Waals surface area contributed by atoms with Crippen LogP contribution in [0.4, 0.5) is 0 Å². The molecule has 278 valence electrons. The molecule has 0 spiro atoms. The van der Waals surface area contributed by atoms with Crippen LogP contribution in [-0.4, -0.2) is 15.0 Å². The van der Waals surface area contributed by atoms with E-state index in [1.807, 2.05) is 72.8 Å². The van der Waals surface area contributed by atoms with Gasteiger partial charge in [-0.05, 0) is 80.9 Å². The topological polar surface area (TPSA) is 65.0 Å². The van der Waals surface area contributed by atoms with E-state index < -0.39 is 0 Å². The number of benzene rings is 8. The number of aromatic nitrogens is 3. The predicted octanol–water partition coefficient (Wildman–Crippen LogP) is 14.3. The Balaban J connectivity index is 0.968. The fourth-order valence-electron chi connectivity index (χ4n) is 9.19. The Bertz CT molecular complexity index is 3470. The molecule has 0 radical (unpaired) electrons. The molecular weight excluding hydrogens is 723 g/mol. The van der Waals surface area contributed by atoms with Crippen LogP contribution < -0.4 is 0 Å². The molecule has 0 fully saturated rings. The van der Waals surface area contributed by atoms with Crippen molar-refractivity contribution in [3.05, 3.63) is 187 Å². The molecule has 0 aliphatic heterocycles. The van der Waals surface area contributed by atoms with E-state index in [4.69, 9.17) is 23.8 Å². The third kappa shape index (κ3) is 5.21. The van der Waals surface area contributed by atoms with Gasteiger partial charge in [0.25, 0.3) is 0 Å². The lowest BCUT2D eigenvalue weighted by molar-refractivity contribution is 0.660. The third-order valence-electron chi connectivity index (χ3n) is 12.2. The standard InChI is InChI=1S/C54H35N3O2/c1-54(2)44-19-8-6-14-37(44)38-28-26-36(31-45(38)54)33-24-22-32(23-25-33)35-27-29-47-43(30-35)49-41(17-11-21-48(49)58-47)52-55-51(34-12-4-3-5-13-34)56-53(57-52)42-18-10-16-40-39-15-7-9-20-46(39)59-50(40)42/h3-31H,1-2H3.